The summed E-state index contributed by atoms with van der Waals surface area (Å²) in [6.07, 6.45) is 0. The van der Waals surface area contributed by atoms with Crippen molar-refractivity contribution in [2.24, 2.45) is 0 Å². The number of nitrogens with one attached hydrogen (secondary N) is 2. The lowest BCUT2D eigenvalue weighted by Gasteiger charge is -2.09. The van der Waals surface area contributed by atoms with Gasteiger partial charge in [-0.15, -0.1) is 10.2 Å². The Kier molecular flexibility index (Phi) is 6.89. The molecule has 1 amide bonds. The number of para-hydroxylation sites is 2. The number of ether oxygens (including phenoxy) is 1. The second-order valence-corrected chi connectivity index (χ2v) is 8.28. The zero-order valence-electron chi connectivity index (χ0n) is 16.0. The van der Waals surface area contributed by atoms with Gasteiger partial charge in [0.2, 0.25) is 11.0 Å². The predicted molar refractivity (Wildman–Crippen MR) is 116 cm³/mol. The lowest BCUT2D eigenvalue weighted by atomic mass is 10.1. The average Bonchev–Trinajstić information content (AvgIpc) is 3.12. The third-order valence-corrected chi connectivity index (χ3v) is 5.80. The largest absolute Gasteiger partial charge is 0.492 e. The van der Waals surface area contributed by atoms with Crippen LogP contribution in [0.25, 0.3) is 0 Å². The van der Waals surface area contributed by atoms with E-state index >= 15 is 0 Å². The molecule has 0 aliphatic heterocycles. The maximum atomic E-state index is 12.3. The van der Waals surface area contributed by atoms with Crippen molar-refractivity contribution < 1.29 is 9.53 Å². The molecule has 1 aromatic heterocycles. The molecule has 0 saturated heterocycles. The number of benzene rings is 2. The summed E-state index contributed by atoms with van der Waals surface area (Å²) < 4.78 is 6.33. The number of aryl methyl sites for hydroxylation is 2. The molecule has 0 radical (unpaired) electrons. The van der Waals surface area contributed by atoms with E-state index in [1.807, 2.05) is 63.2 Å². The lowest BCUT2D eigenvalue weighted by Crippen LogP contribution is -2.14. The summed E-state index contributed by atoms with van der Waals surface area (Å²) in [5.74, 6) is 0.977. The maximum Gasteiger partial charge on any atom is 0.234 e. The van der Waals surface area contributed by atoms with E-state index in [-0.39, 0.29) is 11.7 Å². The van der Waals surface area contributed by atoms with Gasteiger partial charge in [-0.2, -0.15) is 0 Å². The van der Waals surface area contributed by atoms with Crippen molar-refractivity contribution in [1.29, 1.82) is 0 Å². The van der Waals surface area contributed by atoms with Crippen LogP contribution in [0, 0.1) is 13.8 Å². The van der Waals surface area contributed by atoms with Crippen LogP contribution in [-0.4, -0.2) is 28.5 Å². The Bertz CT molecular complexity index is 959. The minimum Gasteiger partial charge on any atom is -0.492 e. The zero-order chi connectivity index (χ0) is 19.9. The number of carbonyl (C=O) groups excluding carboxylic acids is 1. The summed E-state index contributed by atoms with van der Waals surface area (Å²) >= 11 is 2.77. The molecule has 0 spiro atoms. The first-order valence-corrected chi connectivity index (χ1v) is 10.7. The zero-order valence-corrected chi connectivity index (χ0v) is 17.6. The van der Waals surface area contributed by atoms with Crippen molar-refractivity contribution in [3.63, 3.8) is 0 Å². The van der Waals surface area contributed by atoms with E-state index in [4.69, 9.17) is 4.74 Å². The number of thioether (sulfide) groups is 1. The quantitative estimate of drug-likeness (QED) is 0.504. The molecule has 6 nitrogen and oxygen atoms in total. The lowest BCUT2D eigenvalue weighted by molar-refractivity contribution is -0.113. The summed E-state index contributed by atoms with van der Waals surface area (Å²) in [6.45, 7) is 6.51. The second-order valence-electron chi connectivity index (χ2n) is 6.08. The van der Waals surface area contributed by atoms with E-state index < -0.39 is 0 Å². The molecule has 0 atom stereocenters. The number of aromatic nitrogens is 2. The SMILES string of the molecule is CCOc1ccccc1Nc1nnc(SCC(=O)Nc2cc(C)ccc2C)s1. The fourth-order valence-electron chi connectivity index (χ4n) is 2.47. The number of anilines is 3. The van der Waals surface area contributed by atoms with Crippen LogP contribution in [0.15, 0.2) is 46.8 Å². The van der Waals surface area contributed by atoms with Crippen molar-refractivity contribution in [2.75, 3.05) is 23.0 Å². The van der Waals surface area contributed by atoms with Crippen molar-refractivity contribution in [3.8, 4) is 5.75 Å². The summed E-state index contributed by atoms with van der Waals surface area (Å²) in [5.41, 5.74) is 3.84. The Morgan fingerprint density at radius 2 is 1.96 bits per heavy atom. The van der Waals surface area contributed by atoms with Crippen LogP contribution in [0.5, 0.6) is 5.75 Å². The Morgan fingerprint density at radius 1 is 1.14 bits per heavy atom. The molecule has 0 aliphatic rings. The van der Waals surface area contributed by atoms with Crippen molar-refractivity contribution >= 4 is 45.5 Å². The van der Waals surface area contributed by atoms with Gasteiger partial charge in [-0.3, -0.25) is 4.79 Å². The van der Waals surface area contributed by atoms with Gasteiger partial charge in [-0.25, -0.2) is 0 Å². The Labute approximate surface area is 172 Å². The van der Waals surface area contributed by atoms with Gasteiger partial charge in [0, 0.05) is 5.69 Å². The van der Waals surface area contributed by atoms with Crippen LogP contribution in [-0.2, 0) is 4.79 Å². The number of carbonyl (C=O) groups is 1. The van der Waals surface area contributed by atoms with E-state index in [1.54, 1.807) is 0 Å². The molecule has 3 rings (SSSR count). The van der Waals surface area contributed by atoms with E-state index in [0.717, 1.165) is 32.6 Å². The number of amides is 1. The second kappa shape index (κ2) is 9.57. The fraction of sp³-hybridized carbons (Fsp3) is 0.250. The molecule has 146 valence electrons. The molecule has 0 aliphatic carbocycles. The van der Waals surface area contributed by atoms with Gasteiger partial charge in [-0.1, -0.05) is 47.4 Å². The molecular weight excluding hydrogens is 392 g/mol. The summed E-state index contributed by atoms with van der Waals surface area (Å²) in [6, 6.07) is 13.7. The van der Waals surface area contributed by atoms with Gasteiger partial charge >= 0.3 is 0 Å². The van der Waals surface area contributed by atoms with Crippen molar-refractivity contribution in [3.05, 3.63) is 53.6 Å². The number of nitrogens with zero attached hydrogens (tertiary/aromatic N) is 2. The third-order valence-electron chi connectivity index (χ3n) is 3.83. The summed E-state index contributed by atoms with van der Waals surface area (Å²) in [5, 5.41) is 15.1. The molecule has 0 fully saturated rings. The Hall–Kier alpha value is -2.58. The van der Waals surface area contributed by atoms with Gasteiger partial charge in [-0.05, 0) is 50.1 Å². The Balaban J connectivity index is 1.56. The van der Waals surface area contributed by atoms with Crippen LogP contribution < -0.4 is 15.4 Å². The molecule has 0 unspecified atom stereocenters. The summed E-state index contributed by atoms with van der Waals surface area (Å²) in [7, 11) is 0. The van der Waals surface area contributed by atoms with Gasteiger partial charge in [0.25, 0.3) is 0 Å². The monoisotopic (exact) mass is 414 g/mol. The molecule has 2 N–H and O–H groups in total. The highest BCUT2D eigenvalue weighted by atomic mass is 32.2. The molecule has 3 aromatic rings. The van der Waals surface area contributed by atoms with Crippen molar-refractivity contribution in [2.45, 2.75) is 25.1 Å². The predicted octanol–water partition coefficient (Wildman–Crippen LogP) is 5.03. The normalized spacial score (nSPS) is 10.5. The Morgan fingerprint density at radius 3 is 2.79 bits per heavy atom. The highest BCUT2D eigenvalue weighted by molar-refractivity contribution is 8.01. The molecular formula is C20H22N4O2S2. The van der Waals surface area contributed by atoms with Gasteiger partial charge in [0.05, 0.1) is 18.0 Å². The van der Waals surface area contributed by atoms with Crippen LogP contribution in [0.3, 0.4) is 0 Å². The highest BCUT2D eigenvalue weighted by Crippen LogP contribution is 2.31. The fourth-order valence-corrected chi connectivity index (χ4v) is 4.03. The maximum absolute atomic E-state index is 12.3. The molecule has 8 heteroatoms. The first-order chi connectivity index (χ1) is 13.5. The van der Waals surface area contributed by atoms with Crippen molar-refractivity contribution in [1.82, 2.24) is 10.2 Å². The highest BCUT2D eigenvalue weighted by Gasteiger charge is 2.11. The first-order valence-electron chi connectivity index (χ1n) is 8.87. The number of hydrogen-bond donors (Lipinski definition) is 2. The molecule has 28 heavy (non-hydrogen) atoms. The number of hydrogen-bond acceptors (Lipinski definition) is 7. The van der Waals surface area contributed by atoms with Gasteiger partial charge in [0.1, 0.15) is 5.75 Å². The minimum atomic E-state index is -0.0647. The van der Waals surface area contributed by atoms with E-state index in [9.17, 15) is 4.79 Å². The van der Waals surface area contributed by atoms with Crippen LogP contribution in [0.1, 0.15) is 18.1 Å². The van der Waals surface area contributed by atoms with E-state index in [1.165, 1.54) is 23.1 Å². The number of rotatable bonds is 8. The molecule has 0 saturated carbocycles. The smallest absolute Gasteiger partial charge is 0.234 e. The van der Waals surface area contributed by atoms with Gasteiger partial charge in [0.15, 0.2) is 4.34 Å². The standard InChI is InChI=1S/C20H22N4O2S2/c1-4-26-17-8-6-5-7-15(17)22-19-23-24-20(28-19)27-12-18(25)21-16-11-13(2)9-10-14(16)3/h5-11H,4,12H2,1-3H3,(H,21,25)(H,22,23). The molecule has 1 heterocycles. The van der Waals surface area contributed by atoms with Crippen LogP contribution in [0.2, 0.25) is 0 Å². The molecule has 2 aromatic carbocycles. The average molecular weight is 415 g/mol. The van der Waals surface area contributed by atoms with E-state index in [0.29, 0.717) is 11.7 Å². The summed E-state index contributed by atoms with van der Waals surface area (Å²) in [4.78, 5) is 12.3. The topological polar surface area (TPSA) is 76.1 Å². The van der Waals surface area contributed by atoms with Gasteiger partial charge < -0.3 is 15.4 Å². The van der Waals surface area contributed by atoms with Crippen LogP contribution in [0.4, 0.5) is 16.5 Å². The third kappa shape index (κ3) is 5.46. The van der Waals surface area contributed by atoms with Crippen LogP contribution >= 0.6 is 23.1 Å². The molecule has 0 bridgehead atoms. The minimum absolute atomic E-state index is 0.0647. The first kappa shape index (κ1) is 20.2. The van der Waals surface area contributed by atoms with E-state index in [2.05, 4.69) is 20.8 Å².